The molecule has 0 aliphatic heterocycles. The van der Waals surface area contributed by atoms with E-state index in [-0.39, 0.29) is 11.5 Å². The van der Waals surface area contributed by atoms with E-state index in [4.69, 9.17) is 10.3 Å². The first-order chi connectivity index (χ1) is 10.5. The molecule has 1 aliphatic carbocycles. The van der Waals surface area contributed by atoms with Crippen LogP contribution in [0.2, 0.25) is 0 Å². The third-order valence-corrected chi connectivity index (χ3v) is 4.00. The van der Waals surface area contributed by atoms with Gasteiger partial charge in [0.25, 0.3) is 11.6 Å². The predicted molar refractivity (Wildman–Crippen MR) is 75.3 cm³/mol. The van der Waals surface area contributed by atoms with E-state index in [0.717, 1.165) is 44.2 Å². The van der Waals surface area contributed by atoms with Crippen LogP contribution in [0.15, 0.2) is 22.7 Å². The van der Waals surface area contributed by atoms with Gasteiger partial charge in [-0.2, -0.15) is 4.98 Å². The third-order valence-electron chi connectivity index (χ3n) is 4.00. The standard InChI is InChI=1S/C14H15FN4O3/c15-9-4-5-10(11(8-9)19(20)21)12-17-13(18-22-12)14(16)6-2-1-3-7-14/h4-5,8H,1-3,6-7,16H2. The molecule has 0 amide bonds. The third kappa shape index (κ3) is 2.57. The van der Waals surface area contributed by atoms with Crippen molar-refractivity contribution in [1.29, 1.82) is 0 Å². The molecule has 1 saturated carbocycles. The molecule has 1 aliphatic rings. The molecule has 1 aromatic heterocycles. The maximum atomic E-state index is 13.2. The fraction of sp³-hybridized carbons (Fsp3) is 0.429. The fourth-order valence-electron chi connectivity index (χ4n) is 2.78. The van der Waals surface area contributed by atoms with E-state index in [1.54, 1.807) is 0 Å². The Morgan fingerprint density at radius 1 is 1.32 bits per heavy atom. The second-order valence-corrected chi connectivity index (χ2v) is 5.56. The highest BCUT2D eigenvalue weighted by atomic mass is 19.1. The number of nitro groups is 1. The van der Waals surface area contributed by atoms with E-state index in [1.807, 2.05) is 0 Å². The lowest BCUT2D eigenvalue weighted by Gasteiger charge is -2.29. The maximum absolute atomic E-state index is 13.2. The molecule has 116 valence electrons. The lowest BCUT2D eigenvalue weighted by molar-refractivity contribution is -0.384. The summed E-state index contributed by atoms with van der Waals surface area (Å²) < 4.78 is 18.3. The molecule has 0 atom stereocenters. The first-order valence-electron chi connectivity index (χ1n) is 7.07. The minimum atomic E-state index is -0.697. The lowest BCUT2D eigenvalue weighted by Crippen LogP contribution is -2.39. The Morgan fingerprint density at radius 3 is 2.73 bits per heavy atom. The van der Waals surface area contributed by atoms with Gasteiger partial charge in [0.1, 0.15) is 11.4 Å². The van der Waals surface area contributed by atoms with Gasteiger partial charge in [-0.05, 0) is 25.0 Å². The first-order valence-corrected chi connectivity index (χ1v) is 7.07. The Hall–Kier alpha value is -2.35. The number of nitro benzene ring substituents is 1. The van der Waals surface area contributed by atoms with Gasteiger partial charge in [0.15, 0.2) is 5.82 Å². The minimum absolute atomic E-state index is 0.0166. The Balaban J connectivity index is 1.99. The molecule has 1 aromatic carbocycles. The highest BCUT2D eigenvalue weighted by Crippen LogP contribution is 2.35. The topological polar surface area (TPSA) is 108 Å². The van der Waals surface area contributed by atoms with E-state index >= 15 is 0 Å². The Bertz CT molecular complexity index is 710. The largest absolute Gasteiger partial charge is 0.334 e. The van der Waals surface area contributed by atoms with Crippen molar-refractivity contribution < 1.29 is 13.8 Å². The van der Waals surface area contributed by atoms with Crippen LogP contribution in [0.1, 0.15) is 37.9 Å². The zero-order chi connectivity index (χ0) is 15.7. The zero-order valence-corrected chi connectivity index (χ0v) is 11.8. The number of hydrogen-bond donors (Lipinski definition) is 1. The second-order valence-electron chi connectivity index (χ2n) is 5.56. The molecule has 0 unspecified atom stereocenters. The molecule has 2 aromatic rings. The normalized spacial score (nSPS) is 17.4. The van der Waals surface area contributed by atoms with E-state index in [2.05, 4.69) is 10.1 Å². The minimum Gasteiger partial charge on any atom is -0.334 e. The summed E-state index contributed by atoms with van der Waals surface area (Å²) in [6.45, 7) is 0. The summed E-state index contributed by atoms with van der Waals surface area (Å²) in [6, 6.07) is 3.21. The maximum Gasteiger partial charge on any atom is 0.285 e. The summed E-state index contributed by atoms with van der Waals surface area (Å²) in [6.07, 6.45) is 4.58. The van der Waals surface area contributed by atoms with Gasteiger partial charge in [0, 0.05) is 0 Å². The van der Waals surface area contributed by atoms with E-state index in [0.29, 0.717) is 5.82 Å². The van der Waals surface area contributed by atoms with E-state index in [9.17, 15) is 14.5 Å². The van der Waals surface area contributed by atoms with Crippen LogP contribution in [0.25, 0.3) is 11.5 Å². The zero-order valence-electron chi connectivity index (χ0n) is 11.8. The predicted octanol–water partition coefficient (Wildman–Crippen LogP) is 2.90. The lowest BCUT2D eigenvalue weighted by atomic mass is 9.82. The number of hydrogen-bond acceptors (Lipinski definition) is 6. The average Bonchev–Trinajstić information content (AvgIpc) is 2.98. The molecule has 0 radical (unpaired) electrons. The summed E-state index contributed by atoms with van der Waals surface area (Å²) in [5.41, 5.74) is 5.33. The highest BCUT2D eigenvalue weighted by Gasteiger charge is 2.35. The molecule has 2 N–H and O–H groups in total. The van der Waals surface area contributed by atoms with Gasteiger partial charge in [0.05, 0.1) is 16.5 Å². The summed E-state index contributed by atoms with van der Waals surface area (Å²) in [5, 5.41) is 14.9. The number of aromatic nitrogens is 2. The van der Waals surface area contributed by atoms with Crippen LogP contribution >= 0.6 is 0 Å². The van der Waals surface area contributed by atoms with Gasteiger partial charge in [-0.15, -0.1) is 0 Å². The molecule has 0 spiro atoms. The van der Waals surface area contributed by atoms with Crippen LogP contribution in [0, 0.1) is 15.9 Å². The quantitative estimate of drug-likeness (QED) is 0.690. The van der Waals surface area contributed by atoms with Gasteiger partial charge in [0.2, 0.25) is 0 Å². The van der Waals surface area contributed by atoms with Gasteiger partial charge in [-0.25, -0.2) is 4.39 Å². The number of benzene rings is 1. The van der Waals surface area contributed by atoms with Gasteiger partial charge in [-0.3, -0.25) is 10.1 Å². The average molecular weight is 306 g/mol. The molecular weight excluding hydrogens is 291 g/mol. The Kier molecular flexibility index (Phi) is 3.61. The number of rotatable bonds is 3. The van der Waals surface area contributed by atoms with Gasteiger partial charge < -0.3 is 10.3 Å². The van der Waals surface area contributed by atoms with Crippen LogP contribution in [0.4, 0.5) is 10.1 Å². The van der Waals surface area contributed by atoms with Crippen molar-refractivity contribution in [2.45, 2.75) is 37.6 Å². The van der Waals surface area contributed by atoms with Crippen molar-refractivity contribution in [3.05, 3.63) is 40.0 Å². The van der Waals surface area contributed by atoms with Crippen molar-refractivity contribution in [3.63, 3.8) is 0 Å². The van der Waals surface area contributed by atoms with Gasteiger partial charge >= 0.3 is 0 Å². The van der Waals surface area contributed by atoms with E-state index < -0.39 is 22.0 Å². The van der Waals surface area contributed by atoms with Crippen molar-refractivity contribution in [1.82, 2.24) is 10.1 Å². The monoisotopic (exact) mass is 306 g/mol. The molecule has 1 heterocycles. The highest BCUT2D eigenvalue weighted by molar-refractivity contribution is 5.66. The van der Waals surface area contributed by atoms with Gasteiger partial charge in [-0.1, -0.05) is 24.4 Å². The summed E-state index contributed by atoms with van der Waals surface area (Å²) >= 11 is 0. The van der Waals surface area contributed by atoms with Crippen LogP contribution in [-0.2, 0) is 5.54 Å². The van der Waals surface area contributed by atoms with Crippen LogP contribution < -0.4 is 5.73 Å². The number of nitrogens with two attached hydrogens (primary N) is 1. The van der Waals surface area contributed by atoms with Crippen molar-refractivity contribution >= 4 is 5.69 Å². The second kappa shape index (κ2) is 5.45. The molecule has 1 fully saturated rings. The fourth-order valence-corrected chi connectivity index (χ4v) is 2.78. The van der Waals surface area contributed by atoms with Crippen molar-refractivity contribution in [3.8, 4) is 11.5 Å². The summed E-state index contributed by atoms with van der Waals surface area (Å²) in [7, 11) is 0. The summed E-state index contributed by atoms with van der Waals surface area (Å²) in [4.78, 5) is 14.6. The Morgan fingerprint density at radius 2 is 2.05 bits per heavy atom. The summed E-state index contributed by atoms with van der Waals surface area (Å²) in [5.74, 6) is -0.365. The van der Waals surface area contributed by atoms with Crippen LogP contribution in [0.3, 0.4) is 0 Å². The van der Waals surface area contributed by atoms with Crippen LogP contribution in [-0.4, -0.2) is 15.1 Å². The molecule has 3 rings (SSSR count). The molecule has 7 nitrogen and oxygen atoms in total. The smallest absolute Gasteiger partial charge is 0.285 e. The SMILES string of the molecule is NC1(c2noc(-c3ccc(F)cc3[N+](=O)[O-])n2)CCCCC1. The van der Waals surface area contributed by atoms with Crippen molar-refractivity contribution in [2.75, 3.05) is 0 Å². The number of nitrogens with zero attached hydrogens (tertiary/aromatic N) is 3. The molecule has 22 heavy (non-hydrogen) atoms. The molecular formula is C14H15FN4O3. The molecule has 8 heteroatoms. The van der Waals surface area contributed by atoms with Crippen molar-refractivity contribution in [2.24, 2.45) is 5.73 Å². The van der Waals surface area contributed by atoms with Crippen LogP contribution in [0.5, 0.6) is 0 Å². The number of halogens is 1. The molecule has 0 bridgehead atoms. The van der Waals surface area contributed by atoms with E-state index in [1.165, 1.54) is 6.07 Å². The Labute approximate surface area is 125 Å². The molecule has 0 saturated heterocycles. The first kappa shape index (κ1) is 14.6.